The molecular formula is C18H18ClN3O2S. The topological polar surface area (TPSA) is 64.0 Å². The van der Waals surface area contributed by atoms with E-state index in [0.717, 1.165) is 16.0 Å². The lowest BCUT2D eigenvalue weighted by Gasteiger charge is -2.16. The summed E-state index contributed by atoms with van der Waals surface area (Å²) < 4.78 is 1.34. The van der Waals surface area contributed by atoms with Crippen molar-refractivity contribution in [2.45, 2.75) is 33.4 Å². The second-order valence-corrected chi connectivity index (χ2v) is 7.56. The van der Waals surface area contributed by atoms with E-state index in [-0.39, 0.29) is 24.1 Å². The molecule has 0 saturated heterocycles. The first kappa shape index (κ1) is 17.6. The standard InChI is InChI=1S/C18H18ClN3O2S/c1-10-12(3)25-17-16(10)18(24)22(9-20-17)8-15(23)21-11(2)13-6-4-5-7-14(13)19/h4-7,9,11H,8H2,1-3H3,(H,21,23)/t11-/m0/s1. The zero-order chi connectivity index (χ0) is 18.1. The third-order valence-electron chi connectivity index (χ3n) is 4.22. The molecule has 1 amide bonds. The van der Waals surface area contributed by atoms with Crippen LogP contribution in [-0.4, -0.2) is 15.5 Å². The van der Waals surface area contributed by atoms with Crippen LogP contribution >= 0.6 is 22.9 Å². The molecule has 0 aliphatic rings. The Balaban J connectivity index is 1.81. The Morgan fingerprint density at radius 2 is 2.08 bits per heavy atom. The summed E-state index contributed by atoms with van der Waals surface area (Å²) in [5.74, 6) is -0.264. The van der Waals surface area contributed by atoms with Crippen LogP contribution in [0.3, 0.4) is 0 Å². The van der Waals surface area contributed by atoms with E-state index < -0.39 is 0 Å². The second-order valence-electron chi connectivity index (χ2n) is 5.95. The molecule has 2 heterocycles. The van der Waals surface area contributed by atoms with Gasteiger partial charge >= 0.3 is 0 Å². The van der Waals surface area contributed by atoms with Crippen LogP contribution in [0.25, 0.3) is 10.2 Å². The van der Waals surface area contributed by atoms with Crippen LogP contribution < -0.4 is 10.9 Å². The van der Waals surface area contributed by atoms with Crippen LogP contribution in [0, 0.1) is 13.8 Å². The highest BCUT2D eigenvalue weighted by Gasteiger charge is 2.16. The van der Waals surface area contributed by atoms with Crippen molar-refractivity contribution < 1.29 is 4.79 Å². The number of benzene rings is 1. The van der Waals surface area contributed by atoms with E-state index in [4.69, 9.17) is 11.6 Å². The first-order valence-corrected chi connectivity index (χ1v) is 9.07. The molecule has 25 heavy (non-hydrogen) atoms. The molecule has 1 aromatic carbocycles. The number of amides is 1. The minimum atomic E-state index is -0.264. The molecule has 0 saturated carbocycles. The number of hydrogen-bond acceptors (Lipinski definition) is 4. The van der Waals surface area contributed by atoms with E-state index in [1.165, 1.54) is 22.2 Å². The third kappa shape index (κ3) is 3.45. The average molecular weight is 376 g/mol. The van der Waals surface area contributed by atoms with Crippen molar-refractivity contribution >= 4 is 39.1 Å². The lowest BCUT2D eigenvalue weighted by molar-refractivity contribution is -0.122. The van der Waals surface area contributed by atoms with Crippen molar-refractivity contribution in [1.82, 2.24) is 14.9 Å². The highest BCUT2D eigenvalue weighted by molar-refractivity contribution is 7.18. The molecule has 7 heteroatoms. The van der Waals surface area contributed by atoms with Crippen molar-refractivity contribution in [2.24, 2.45) is 0 Å². The van der Waals surface area contributed by atoms with Crippen LogP contribution in [0.5, 0.6) is 0 Å². The minimum Gasteiger partial charge on any atom is -0.348 e. The summed E-state index contributed by atoms with van der Waals surface area (Å²) in [4.78, 5) is 31.1. The maximum atomic E-state index is 12.6. The number of aromatic nitrogens is 2. The molecule has 3 aromatic rings. The van der Waals surface area contributed by atoms with Crippen molar-refractivity contribution in [3.63, 3.8) is 0 Å². The van der Waals surface area contributed by atoms with Crippen LogP contribution in [0.4, 0.5) is 0 Å². The zero-order valence-corrected chi connectivity index (χ0v) is 15.7. The van der Waals surface area contributed by atoms with Crippen molar-refractivity contribution in [1.29, 1.82) is 0 Å². The van der Waals surface area contributed by atoms with Crippen molar-refractivity contribution in [3.8, 4) is 0 Å². The van der Waals surface area contributed by atoms with Crippen LogP contribution in [-0.2, 0) is 11.3 Å². The number of carbonyl (C=O) groups is 1. The fourth-order valence-corrected chi connectivity index (χ4v) is 4.02. The summed E-state index contributed by atoms with van der Waals surface area (Å²) in [6.07, 6.45) is 1.43. The summed E-state index contributed by atoms with van der Waals surface area (Å²) in [7, 11) is 0. The van der Waals surface area contributed by atoms with Crippen LogP contribution in [0.2, 0.25) is 5.02 Å². The molecule has 0 unspecified atom stereocenters. The number of carbonyl (C=O) groups excluding carboxylic acids is 1. The predicted molar refractivity (Wildman–Crippen MR) is 101 cm³/mol. The number of aryl methyl sites for hydroxylation is 2. The van der Waals surface area contributed by atoms with Gasteiger partial charge in [0.1, 0.15) is 11.4 Å². The number of hydrogen-bond donors (Lipinski definition) is 1. The van der Waals surface area contributed by atoms with Crippen LogP contribution in [0.15, 0.2) is 35.4 Å². The molecule has 0 bridgehead atoms. The molecule has 2 aromatic heterocycles. The van der Waals surface area contributed by atoms with Gasteiger partial charge in [-0.3, -0.25) is 14.2 Å². The Morgan fingerprint density at radius 3 is 2.80 bits per heavy atom. The van der Waals surface area contributed by atoms with Gasteiger partial charge in [0, 0.05) is 9.90 Å². The molecule has 0 fully saturated rings. The molecule has 0 spiro atoms. The van der Waals surface area contributed by atoms with Gasteiger partial charge in [-0.15, -0.1) is 11.3 Å². The van der Waals surface area contributed by atoms with E-state index in [1.54, 1.807) is 6.07 Å². The molecule has 5 nitrogen and oxygen atoms in total. The van der Waals surface area contributed by atoms with Crippen molar-refractivity contribution in [3.05, 3.63) is 62.0 Å². The number of rotatable bonds is 4. The molecule has 0 aliphatic heterocycles. The molecule has 1 atom stereocenters. The number of fused-ring (bicyclic) bond motifs is 1. The Labute approximate surface area is 154 Å². The summed E-state index contributed by atoms with van der Waals surface area (Å²) in [5.41, 5.74) is 1.58. The summed E-state index contributed by atoms with van der Waals surface area (Å²) in [6.45, 7) is 5.64. The van der Waals surface area contributed by atoms with Crippen LogP contribution in [0.1, 0.15) is 29.0 Å². The van der Waals surface area contributed by atoms with E-state index in [1.807, 2.05) is 39.0 Å². The average Bonchev–Trinajstić information content (AvgIpc) is 2.85. The quantitative estimate of drug-likeness (QED) is 0.757. The lowest BCUT2D eigenvalue weighted by Crippen LogP contribution is -2.34. The van der Waals surface area contributed by atoms with Gasteiger partial charge in [-0.25, -0.2) is 4.98 Å². The summed E-state index contributed by atoms with van der Waals surface area (Å²) >= 11 is 7.65. The smallest absolute Gasteiger partial charge is 0.262 e. The summed E-state index contributed by atoms with van der Waals surface area (Å²) in [5, 5.41) is 4.06. The van der Waals surface area contributed by atoms with E-state index in [9.17, 15) is 9.59 Å². The number of nitrogens with one attached hydrogen (secondary N) is 1. The van der Waals surface area contributed by atoms with Gasteiger partial charge in [0.2, 0.25) is 5.91 Å². The number of nitrogens with zero attached hydrogens (tertiary/aromatic N) is 2. The lowest BCUT2D eigenvalue weighted by atomic mass is 10.1. The summed E-state index contributed by atoms with van der Waals surface area (Å²) in [6, 6.07) is 7.10. The fraction of sp³-hybridized carbons (Fsp3) is 0.278. The van der Waals surface area contributed by atoms with E-state index >= 15 is 0 Å². The van der Waals surface area contributed by atoms with Gasteiger partial charge in [-0.2, -0.15) is 0 Å². The Hall–Kier alpha value is -2.18. The first-order chi connectivity index (χ1) is 11.9. The molecule has 130 valence electrons. The maximum Gasteiger partial charge on any atom is 0.262 e. The predicted octanol–water partition coefficient (Wildman–Crippen LogP) is 3.61. The van der Waals surface area contributed by atoms with E-state index in [2.05, 4.69) is 10.3 Å². The maximum absolute atomic E-state index is 12.6. The fourth-order valence-electron chi connectivity index (χ4n) is 2.73. The normalized spacial score (nSPS) is 12.3. The Morgan fingerprint density at radius 1 is 1.36 bits per heavy atom. The number of thiophene rings is 1. The molecule has 3 rings (SSSR count). The van der Waals surface area contributed by atoms with Crippen molar-refractivity contribution in [2.75, 3.05) is 0 Å². The molecular weight excluding hydrogens is 358 g/mol. The van der Waals surface area contributed by atoms with E-state index in [0.29, 0.717) is 15.2 Å². The highest BCUT2D eigenvalue weighted by Crippen LogP contribution is 2.25. The monoisotopic (exact) mass is 375 g/mol. The zero-order valence-electron chi connectivity index (χ0n) is 14.2. The largest absolute Gasteiger partial charge is 0.348 e. The molecule has 0 radical (unpaired) electrons. The third-order valence-corrected chi connectivity index (χ3v) is 5.68. The second kappa shape index (κ2) is 6.98. The van der Waals surface area contributed by atoms with Gasteiger partial charge in [0.15, 0.2) is 0 Å². The van der Waals surface area contributed by atoms with Gasteiger partial charge in [0.05, 0.1) is 17.8 Å². The van der Waals surface area contributed by atoms with Gasteiger partial charge in [0.25, 0.3) is 5.56 Å². The van der Waals surface area contributed by atoms with Gasteiger partial charge < -0.3 is 5.32 Å². The Bertz CT molecular complexity index is 1010. The highest BCUT2D eigenvalue weighted by atomic mass is 35.5. The molecule has 1 N–H and O–H groups in total. The SMILES string of the molecule is Cc1sc2ncn(CC(=O)N[C@@H](C)c3ccccc3Cl)c(=O)c2c1C. The number of halogens is 1. The molecule has 0 aliphatic carbocycles. The van der Waals surface area contributed by atoms with Gasteiger partial charge in [-0.1, -0.05) is 29.8 Å². The Kier molecular flexibility index (Phi) is 4.92. The minimum absolute atomic E-state index is 0.0785. The van der Waals surface area contributed by atoms with Gasteiger partial charge in [-0.05, 0) is 38.0 Å². The first-order valence-electron chi connectivity index (χ1n) is 7.87.